The molecule has 4 nitrogen and oxygen atoms in total. The van der Waals surface area contributed by atoms with Crippen LogP contribution in [0.5, 0.6) is 0 Å². The van der Waals surface area contributed by atoms with Crippen LogP contribution in [0.3, 0.4) is 0 Å². The Morgan fingerprint density at radius 3 is 1.80 bits per heavy atom. The molecule has 0 aromatic rings. The van der Waals surface area contributed by atoms with Gasteiger partial charge in [-0.05, 0) is 19.3 Å². The first-order chi connectivity index (χ1) is 9.63. The fourth-order valence-electron chi connectivity index (χ4n) is 2.58. The lowest BCUT2D eigenvalue weighted by atomic mass is 10.2. The first-order valence-corrected chi connectivity index (χ1v) is 8.25. The van der Waals surface area contributed by atoms with E-state index >= 15 is 0 Å². The third-order valence-corrected chi connectivity index (χ3v) is 3.99. The summed E-state index contributed by atoms with van der Waals surface area (Å²) in [6.07, 6.45) is 1.25. The SMILES string of the molecule is CC(C)CN1CCOCC1.CCC(C)N1CCOCC1. The Morgan fingerprint density at radius 1 is 0.850 bits per heavy atom. The minimum Gasteiger partial charge on any atom is -0.379 e. The fourth-order valence-corrected chi connectivity index (χ4v) is 2.58. The maximum Gasteiger partial charge on any atom is 0.0594 e. The zero-order valence-corrected chi connectivity index (χ0v) is 13.9. The van der Waals surface area contributed by atoms with E-state index < -0.39 is 0 Å². The van der Waals surface area contributed by atoms with Crippen molar-refractivity contribution in [3.05, 3.63) is 0 Å². The summed E-state index contributed by atoms with van der Waals surface area (Å²) in [6, 6.07) is 0.740. The second-order valence-electron chi connectivity index (χ2n) is 6.21. The van der Waals surface area contributed by atoms with E-state index in [1.54, 1.807) is 0 Å². The average Bonchev–Trinajstić information content (AvgIpc) is 2.48. The monoisotopic (exact) mass is 286 g/mol. The maximum absolute atomic E-state index is 5.25. The van der Waals surface area contributed by atoms with E-state index in [1.807, 2.05) is 0 Å². The predicted octanol–water partition coefficient (Wildman–Crippen LogP) is 2.09. The van der Waals surface area contributed by atoms with Gasteiger partial charge in [0.25, 0.3) is 0 Å². The fraction of sp³-hybridized carbons (Fsp3) is 1.00. The minimum absolute atomic E-state index is 0.740. The van der Waals surface area contributed by atoms with Crippen LogP contribution < -0.4 is 0 Å². The van der Waals surface area contributed by atoms with Gasteiger partial charge in [0.2, 0.25) is 0 Å². The van der Waals surface area contributed by atoms with Crippen LogP contribution in [-0.4, -0.2) is 75.0 Å². The summed E-state index contributed by atoms with van der Waals surface area (Å²) in [5.41, 5.74) is 0. The highest BCUT2D eigenvalue weighted by molar-refractivity contribution is 4.67. The highest BCUT2D eigenvalue weighted by atomic mass is 16.5. The number of hydrogen-bond acceptors (Lipinski definition) is 4. The molecule has 2 aliphatic rings. The van der Waals surface area contributed by atoms with Crippen LogP contribution >= 0.6 is 0 Å². The molecule has 1 atom stereocenters. The Morgan fingerprint density at radius 2 is 1.35 bits per heavy atom. The van der Waals surface area contributed by atoms with Gasteiger partial charge in [-0.1, -0.05) is 20.8 Å². The second-order valence-corrected chi connectivity index (χ2v) is 6.21. The van der Waals surface area contributed by atoms with Crippen molar-refractivity contribution in [3.8, 4) is 0 Å². The van der Waals surface area contributed by atoms with E-state index in [9.17, 15) is 0 Å². The Bertz CT molecular complexity index is 225. The van der Waals surface area contributed by atoms with Crippen LogP contribution in [0.2, 0.25) is 0 Å². The first-order valence-electron chi connectivity index (χ1n) is 8.25. The molecule has 0 aliphatic carbocycles. The van der Waals surface area contributed by atoms with E-state index in [0.717, 1.165) is 64.6 Å². The molecule has 0 spiro atoms. The zero-order chi connectivity index (χ0) is 14.8. The molecule has 4 heteroatoms. The van der Waals surface area contributed by atoms with Crippen molar-refractivity contribution in [3.63, 3.8) is 0 Å². The van der Waals surface area contributed by atoms with E-state index in [4.69, 9.17) is 9.47 Å². The second kappa shape index (κ2) is 10.6. The molecule has 2 heterocycles. The molecule has 0 aromatic heterocycles. The summed E-state index contributed by atoms with van der Waals surface area (Å²) < 4.78 is 10.5. The van der Waals surface area contributed by atoms with Gasteiger partial charge in [-0.15, -0.1) is 0 Å². The molecule has 0 bridgehead atoms. The molecule has 0 saturated carbocycles. The minimum atomic E-state index is 0.740. The van der Waals surface area contributed by atoms with Gasteiger partial charge in [0.05, 0.1) is 26.4 Å². The summed E-state index contributed by atoms with van der Waals surface area (Å²) in [5, 5.41) is 0. The van der Waals surface area contributed by atoms with Crippen molar-refractivity contribution >= 4 is 0 Å². The lowest BCUT2D eigenvalue weighted by Gasteiger charge is -2.31. The molecule has 2 saturated heterocycles. The number of nitrogens with zero attached hydrogens (tertiary/aromatic N) is 2. The van der Waals surface area contributed by atoms with Gasteiger partial charge < -0.3 is 9.47 Å². The van der Waals surface area contributed by atoms with Gasteiger partial charge in [-0.3, -0.25) is 9.80 Å². The summed E-state index contributed by atoms with van der Waals surface area (Å²) >= 11 is 0. The summed E-state index contributed by atoms with van der Waals surface area (Å²) in [4.78, 5) is 4.96. The highest BCUT2D eigenvalue weighted by Crippen LogP contribution is 2.05. The molecular formula is C16H34N2O2. The molecule has 2 aliphatic heterocycles. The van der Waals surface area contributed by atoms with Crippen LogP contribution in [0.15, 0.2) is 0 Å². The van der Waals surface area contributed by atoms with Gasteiger partial charge in [0.1, 0.15) is 0 Å². The largest absolute Gasteiger partial charge is 0.379 e. The molecular weight excluding hydrogens is 252 g/mol. The van der Waals surface area contributed by atoms with E-state index in [2.05, 4.69) is 37.5 Å². The predicted molar refractivity (Wildman–Crippen MR) is 84.2 cm³/mol. The van der Waals surface area contributed by atoms with Crippen LogP contribution in [0, 0.1) is 5.92 Å². The van der Waals surface area contributed by atoms with Gasteiger partial charge >= 0.3 is 0 Å². The molecule has 120 valence electrons. The summed E-state index contributed by atoms with van der Waals surface area (Å²) in [6.45, 7) is 18.4. The lowest BCUT2D eigenvalue weighted by molar-refractivity contribution is 0.0196. The van der Waals surface area contributed by atoms with Gasteiger partial charge in [-0.25, -0.2) is 0 Å². The van der Waals surface area contributed by atoms with Crippen LogP contribution in [-0.2, 0) is 9.47 Å². The van der Waals surface area contributed by atoms with Crippen molar-refractivity contribution in [2.24, 2.45) is 5.92 Å². The summed E-state index contributed by atoms with van der Waals surface area (Å²) in [5.74, 6) is 0.790. The molecule has 2 fully saturated rings. The highest BCUT2D eigenvalue weighted by Gasteiger charge is 2.14. The standard InChI is InChI=1S/2C8H17NO/c1-8(2)7-9-3-5-10-6-4-9;1-3-8(2)9-4-6-10-7-5-9/h2*8H,3-7H2,1-2H3. The molecule has 20 heavy (non-hydrogen) atoms. The number of morpholine rings is 2. The van der Waals surface area contributed by atoms with E-state index in [0.29, 0.717) is 0 Å². The van der Waals surface area contributed by atoms with E-state index in [1.165, 1.54) is 13.0 Å². The van der Waals surface area contributed by atoms with Gasteiger partial charge in [0.15, 0.2) is 0 Å². The van der Waals surface area contributed by atoms with Gasteiger partial charge in [0, 0.05) is 38.8 Å². The van der Waals surface area contributed by atoms with Crippen molar-refractivity contribution in [1.29, 1.82) is 0 Å². The van der Waals surface area contributed by atoms with E-state index in [-0.39, 0.29) is 0 Å². The number of ether oxygens (including phenoxy) is 2. The third-order valence-electron chi connectivity index (χ3n) is 3.99. The van der Waals surface area contributed by atoms with Crippen molar-refractivity contribution in [1.82, 2.24) is 9.80 Å². The van der Waals surface area contributed by atoms with Crippen molar-refractivity contribution in [2.45, 2.75) is 40.2 Å². The zero-order valence-electron chi connectivity index (χ0n) is 13.9. The Hall–Kier alpha value is -0.160. The average molecular weight is 286 g/mol. The molecule has 0 aromatic carbocycles. The number of hydrogen-bond donors (Lipinski definition) is 0. The Balaban J connectivity index is 0.000000200. The first kappa shape index (κ1) is 17.9. The van der Waals surface area contributed by atoms with Crippen molar-refractivity contribution < 1.29 is 9.47 Å². The molecule has 0 amide bonds. The molecule has 0 N–H and O–H groups in total. The topological polar surface area (TPSA) is 24.9 Å². The Kier molecular flexibility index (Phi) is 9.44. The van der Waals surface area contributed by atoms with Crippen LogP contribution in [0.4, 0.5) is 0 Å². The lowest BCUT2D eigenvalue weighted by Crippen LogP contribution is -2.41. The molecule has 1 unspecified atom stereocenters. The molecule has 2 rings (SSSR count). The Labute approximate surface area is 125 Å². The third kappa shape index (κ3) is 7.58. The number of rotatable bonds is 4. The quantitative estimate of drug-likeness (QED) is 0.790. The summed E-state index contributed by atoms with van der Waals surface area (Å²) in [7, 11) is 0. The smallest absolute Gasteiger partial charge is 0.0594 e. The van der Waals surface area contributed by atoms with Gasteiger partial charge in [-0.2, -0.15) is 0 Å². The van der Waals surface area contributed by atoms with Crippen LogP contribution in [0.1, 0.15) is 34.1 Å². The van der Waals surface area contributed by atoms with Crippen molar-refractivity contribution in [2.75, 3.05) is 59.2 Å². The van der Waals surface area contributed by atoms with Crippen LogP contribution in [0.25, 0.3) is 0 Å². The molecule has 0 radical (unpaired) electrons. The normalized spacial score (nSPS) is 23.2. The maximum atomic E-state index is 5.25.